The van der Waals surface area contributed by atoms with Crippen molar-refractivity contribution in [1.29, 1.82) is 0 Å². The normalized spacial score (nSPS) is 26.3. The van der Waals surface area contributed by atoms with Gasteiger partial charge >= 0.3 is 0 Å². The molecular weight excluding hydrogens is 454 g/mol. The molecule has 186 valence electrons. The molecule has 4 atom stereocenters. The number of para-hydroxylation sites is 1. The molecule has 1 saturated carbocycles. The number of carbonyl (C=O) groups is 3. The minimum absolute atomic E-state index is 0.0646. The number of ketones is 2. The molecule has 2 aromatic rings. The summed E-state index contributed by atoms with van der Waals surface area (Å²) in [6.45, 7) is 5.42. The van der Waals surface area contributed by atoms with Crippen molar-refractivity contribution < 1.29 is 33.8 Å². The lowest BCUT2D eigenvalue weighted by Crippen LogP contribution is -2.69. The number of aliphatic hydroxyl groups excluding tert-OH is 1. The van der Waals surface area contributed by atoms with Crippen LogP contribution in [-0.4, -0.2) is 77.1 Å². The van der Waals surface area contributed by atoms with Gasteiger partial charge in [-0.25, -0.2) is 0 Å². The predicted molar refractivity (Wildman–Crippen MR) is 124 cm³/mol. The van der Waals surface area contributed by atoms with Crippen molar-refractivity contribution in [3.8, 4) is 5.75 Å². The van der Waals surface area contributed by atoms with Crippen LogP contribution in [0.25, 0.3) is 0 Å². The molecular formula is C25H29N3O7. The Morgan fingerprint density at radius 3 is 2.51 bits per heavy atom. The number of likely N-dealkylation sites (tertiary alicyclic amines) is 1. The molecule has 0 radical (unpaired) electrons. The largest absolute Gasteiger partial charge is 0.505 e. The molecule has 0 bridgehead atoms. The van der Waals surface area contributed by atoms with Crippen LogP contribution in [0.3, 0.4) is 0 Å². The van der Waals surface area contributed by atoms with Crippen molar-refractivity contribution in [3.63, 3.8) is 0 Å². The first kappa shape index (κ1) is 23.5. The number of nitrogens with one attached hydrogen (secondary N) is 2. The van der Waals surface area contributed by atoms with E-state index >= 15 is 0 Å². The van der Waals surface area contributed by atoms with Crippen molar-refractivity contribution in [3.05, 3.63) is 47.4 Å². The number of hydrogen-bond donors (Lipinski definition) is 4. The van der Waals surface area contributed by atoms with Gasteiger partial charge in [0.25, 0.3) is 5.91 Å². The fourth-order valence-electron chi connectivity index (χ4n) is 4.94. The highest BCUT2D eigenvalue weighted by atomic mass is 16.5. The van der Waals surface area contributed by atoms with Crippen molar-refractivity contribution in [1.82, 2.24) is 10.2 Å². The summed E-state index contributed by atoms with van der Waals surface area (Å²) >= 11 is 0. The quantitative estimate of drug-likeness (QED) is 0.337. The van der Waals surface area contributed by atoms with Gasteiger partial charge in [0.1, 0.15) is 23.6 Å². The number of β-amino-alcohol motifs (C(OH)–C–C–N with tert-alkyl or cyclic N) is 1. The number of ether oxygens (including phenoxy) is 1. The second-order valence-electron chi connectivity index (χ2n) is 9.92. The molecule has 1 aliphatic carbocycles. The van der Waals surface area contributed by atoms with Gasteiger partial charge < -0.3 is 29.6 Å². The van der Waals surface area contributed by atoms with E-state index in [0.29, 0.717) is 31.9 Å². The molecule has 3 aliphatic rings. The fourth-order valence-corrected chi connectivity index (χ4v) is 4.94. The number of aromatic hydroxyl groups is 1. The van der Waals surface area contributed by atoms with Crippen LogP contribution in [0.5, 0.6) is 5.75 Å². The van der Waals surface area contributed by atoms with Gasteiger partial charge in [0, 0.05) is 18.5 Å². The first-order chi connectivity index (χ1) is 16.7. The number of Topliss-reactive ketones (excluding diaryl/α,β-unsaturated/α-hetero) is 2. The monoisotopic (exact) mass is 483 g/mol. The van der Waals surface area contributed by atoms with E-state index < -0.39 is 35.7 Å². The Morgan fingerprint density at radius 1 is 1.17 bits per heavy atom. The topological polar surface area (TPSA) is 141 Å². The second-order valence-corrected chi connectivity index (χ2v) is 9.92. The zero-order valence-electron chi connectivity index (χ0n) is 19.6. The van der Waals surface area contributed by atoms with Gasteiger partial charge in [-0.2, -0.15) is 0 Å². The number of aliphatic hydroxyl groups is 1. The highest BCUT2D eigenvalue weighted by Gasteiger charge is 2.53. The van der Waals surface area contributed by atoms with Gasteiger partial charge in [0.15, 0.2) is 5.75 Å². The van der Waals surface area contributed by atoms with Crippen molar-refractivity contribution in [2.24, 2.45) is 5.41 Å². The lowest BCUT2D eigenvalue weighted by atomic mass is 9.76. The summed E-state index contributed by atoms with van der Waals surface area (Å²) in [6.07, 6.45) is -0.0989. The van der Waals surface area contributed by atoms with Crippen LogP contribution in [0.4, 0.5) is 5.69 Å². The Hall–Kier alpha value is -3.21. The van der Waals surface area contributed by atoms with Gasteiger partial charge in [-0.05, 0) is 37.6 Å². The van der Waals surface area contributed by atoms with Gasteiger partial charge in [-0.3, -0.25) is 19.7 Å². The maximum Gasteiger partial charge on any atom is 0.257 e. The average Bonchev–Trinajstić information content (AvgIpc) is 3.45. The summed E-state index contributed by atoms with van der Waals surface area (Å²) < 4.78 is 11.3. The number of anilines is 1. The molecule has 10 nitrogen and oxygen atoms in total. The molecule has 10 heteroatoms. The van der Waals surface area contributed by atoms with Gasteiger partial charge in [-0.1, -0.05) is 13.0 Å². The van der Waals surface area contributed by atoms with Crippen molar-refractivity contribution in [2.45, 2.75) is 44.5 Å². The van der Waals surface area contributed by atoms with Crippen molar-refractivity contribution >= 4 is 23.2 Å². The van der Waals surface area contributed by atoms with Crippen LogP contribution in [0.2, 0.25) is 0 Å². The first-order valence-corrected chi connectivity index (χ1v) is 11.7. The minimum Gasteiger partial charge on any atom is -0.505 e. The number of phenolic OH excluding ortho intramolecular Hbond substituents is 1. The van der Waals surface area contributed by atoms with E-state index in [1.54, 1.807) is 12.1 Å². The van der Waals surface area contributed by atoms with Crippen LogP contribution in [0, 0.1) is 12.3 Å². The number of hydrogen-bond acceptors (Lipinski definition) is 9. The van der Waals surface area contributed by atoms with E-state index in [-0.39, 0.29) is 35.0 Å². The summed E-state index contributed by atoms with van der Waals surface area (Å²) in [7, 11) is 0. The standard InChI is InChI=1S/C25H29N3O7/c1-13-6-7-17(35-13)23(25(2)11-34-12-25)27-19-18(21(31)22(19)32)26-16-5-3-4-15(20(16)30)24(33)28-9-8-14(29)10-28/h3-7,14,18-19,23,26-27,29-30H,8-12H2,1-2H3/t14-,18?,19?,23?/m1/s1. The molecule has 5 rings (SSSR count). The van der Waals surface area contributed by atoms with Crippen LogP contribution in [0.15, 0.2) is 34.7 Å². The SMILES string of the molecule is Cc1ccc(C(NC2C(=O)C(=O)C2Nc2cccc(C(=O)N3CC[C@@H](O)C3)c2O)C2(C)COC2)o1. The summed E-state index contributed by atoms with van der Waals surface area (Å²) in [4.78, 5) is 39.4. The van der Waals surface area contributed by atoms with Crippen LogP contribution >= 0.6 is 0 Å². The highest BCUT2D eigenvalue weighted by Crippen LogP contribution is 2.42. The smallest absolute Gasteiger partial charge is 0.257 e. The Kier molecular flexibility index (Phi) is 5.90. The Morgan fingerprint density at radius 2 is 1.91 bits per heavy atom. The third-order valence-corrected chi connectivity index (χ3v) is 7.12. The summed E-state index contributed by atoms with van der Waals surface area (Å²) in [5.41, 5.74) is -0.0747. The third kappa shape index (κ3) is 4.11. The molecule has 3 unspecified atom stereocenters. The summed E-state index contributed by atoms with van der Waals surface area (Å²) in [5, 5.41) is 26.8. The molecule has 1 aromatic carbocycles. The van der Waals surface area contributed by atoms with Crippen LogP contribution < -0.4 is 10.6 Å². The molecule has 2 saturated heterocycles. The number of carbonyl (C=O) groups excluding carboxylic acids is 3. The second kappa shape index (κ2) is 8.78. The zero-order valence-corrected chi connectivity index (χ0v) is 19.6. The zero-order chi connectivity index (χ0) is 24.9. The Labute approximate surface area is 202 Å². The number of furan rings is 1. The lowest BCUT2D eigenvalue weighted by molar-refractivity contribution is -0.150. The third-order valence-electron chi connectivity index (χ3n) is 7.12. The minimum atomic E-state index is -0.921. The van der Waals surface area contributed by atoms with Gasteiger partial charge in [-0.15, -0.1) is 0 Å². The molecule has 4 N–H and O–H groups in total. The van der Waals surface area contributed by atoms with Crippen molar-refractivity contribution in [2.75, 3.05) is 31.6 Å². The van der Waals surface area contributed by atoms with E-state index in [1.165, 1.54) is 11.0 Å². The molecule has 2 aliphatic heterocycles. The number of aryl methyl sites for hydroxylation is 1. The lowest BCUT2D eigenvalue weighted by Gasteiger charge is -2.47. The number of rotatable bonds is 7. The number of benzene rings is 1. The van der Waals surface area contributed by atoms with Gasteiger partial charge in [0.05, 0.1) is 36.6 Å². The van der Waals surface area contributed by atoms with Crippen LogP contribution in [0.1, 0.15) is 41.3 Å². The van der Waals surface area contributed by atoms with E-state index in [4.69, 9.17) is 9.15 Å². The maximum absolute atomic E-state index is 12.8. The van der Waals surface area contributed by atoms with E-state index in [9.17, 15) is 24.6 Å². The first-order valence-electron chi connectivity index (χ1n) is 11.7. The molecule has 3 fully saturated rings. The van der Waals surface area contributed by atoms with Crippen LogP contribution in [-0.2, 0) is 14.3 Å². The van der Waals surface area contributed by atoms with E-state index in [0.717, 1.165) is 5.76 Å². The predicted octanol–water partition coefficient (Wildman–Crippen LogP) is 1.17. The number of phenols is 1. The number of nitrogens with zero attached hydrogens (tertiary/aromatic N) is 1. The molecule has 3 heterocycles. The Balaban J connectivity index is 1.36. The number of amides is 1. The van der Waals surface area contributed by atoms with E-state index in [2.05, 4.69) is 10.6 Å². The Bertz CT molecular complexity index is 1170. The summed E-state index contributed by atoms with van der Waals surface area (Å²) in [5.74, 6) is -0.481. The maximum atomic E-state index is 12.8. The fraction of sp³-hybridized carbons (Fsp3) is 0.480. The van der Waals surface area contributed by atoms with E-state index in [1.807, 2.05) is 26.0 Å². The molecule has 0 spiro atoms. The summed E-state index contributed by atoms with van der Waals surface area (Å²) in [6, 6.07) is 6.20. The molecule has 35 heavy (non-hydrogen) atoms. The molecule has 1 aromatic heterocycles. The average molecular weight is 484 g/mol. The van der Waals surface area contributed by atoms with Gasteiger partial charge in [0.2, 0.25) is 11.6 Å². The highest BCUT2D eigenvalue weighted by molar-refractivity contribution is 6.49. The molecule has 1 amide bonds.